The lowest BCUT2D eigenvalue weighted by Crippen LogP contribution is -2.40. The maximum absolute atomic E-state index is 12.9. The van der Waals surface area contributed by atoms with E-state index in [0.29, 0.717) is 25.1 Å². The number of aryl methyl sites for hydroxylation is 1. The first-order valence-electron chi connectivity index (χ1n) is 8.42. The summed E-state index contributed by atoms with van der Waals surface area (Å²) in [7, 11) is -3.59. The molecule has 0 atom stereocenters. The smallest absolute Gasteiger partial charge is 0.240 e. The number of amides is 1. The molecular weight excluding hydrogens is 387 g/mol. The van der Waals surface area contributed by atoms with Crippen LogP contribution in [0.2, 0.25) is 0 Å². The Hall–Kier alpha value is -2.06. The van der Waals surface area contributed by atoms with E-state index in [4.69, 9.17) is 0 Å². The zero-order valence-electron chi connectivity index (χ0n) is 15.3. The number of carbonyl (C=O) groups excluding carboxylic acids is 1. The highest BCUT2D eigenvalue weighted by atomic mass is 32.2. The molecule has 0 spiro atoms. The second-order valence-electron chi connectivity index (χ2n) is 6.05. The minimum Gasteiger partial charge on any atom is -0.355 e. The van der Waals surface area contributed by atoms with Crippen LogP contribution >= 0.6 is 11.8 Å². The van der Waals surface area contributed by atoms with Crippen molar-refractivity contribution in [1.29, 1.82) is 0 Å². The summed E-state index contributed by atoms with van der Waals surface area (Å²) in [6, 6.07) is 13.3. The summed E-state index contributed by atoms with van der Waals surface area (Å²) in [5.74, 6) is -0.646. The van der Waals surface area contributed by atoms with Crippen LogP contribution in [0.1, 0.15) is 12.0 Å². The highest BCUT2D eigenvalue weighted by molar-refractivity contribution is 7.98. The van der Waals surface area contributed by atoms with Crippen LogP contribution in [0.3, 0.4) is 0 Å². The molecule has 0 fully saturated rings. The number of thioether (sulfide) groups is 1. The van der Waals surface area contributed by atoms with Crippen molar-refractivity contribution in [2.75, 3.05) is 29.9 Å². The fourth-order valence-electron chi connectivity index (χ4n) is 2.52. The minimum atomic E-state index is -3.59. The molecular formula is C19H23FN2O3S2. The van der Waals surface area contributed by atoms with Crippen molar-refractivity contribution in [3.8, 4) is 0 Å². The summed E-state index contributed by atoms with van der Waals surface area (Å²) in [4.78, 5) is 13.1. The van der Waals surface area contributed by atoms with Crippen molar-refractivity contribution in [2.24, 2.45) is 0 Å². The molecule has 5 nitrogen and oxygen atoms in total. The standard InChI is InChI=1S/C19H23FN2O3S2/c1-26-18-7-3-6-17(13-18)22(27(2,24)25)14-19(23)21-12-4-5-15-8-10-16(20)11-9-15/h3,6-11,13H,4-5,12,14H2,1-2H3,(H,21,23). The lowest BCUT2D eigenvalue weighted by atomic mass is 10.1. The predicted octanol–water partition coefficient (Wildman–Crippen LogP) is 3.06. The van der Waals surface area contributed by atoms with Crippen LogP contribution in [0.25, 0.3) is 0 Å². The molecule has 2 aromatic rings. The third-order valence-electron chi connectivity index (χ3n) is 3.91. The number of nitrogens with one attached hydrogen (secondary N) is 1. The number of hydrogen-bond donors (Lipinski definition) is 1. The summed E-state index contributed by atoms with van der Waals surface area (Å²) >= 11 is 1.50. The van der Waals surface area contributed by atoms with Gasteiger partial charge in [-0.1, -0.05) is 18.2 Å². The molecule has 2 aromatic carbocycles. The molecule has 1 amide bonds. The van der Waals surface area contributed by atoms with Gasteiger partial charge in [0.25, 0.3) is 0 Å². The van der Waals surface area contributed by atoms with Gasteiger partial charge in [-0.3, -0.25) is 9.10 Å². The lowest BCUT2D eigenvalue weighted by Gasteiger charge is -2.22. The van der Waals surface area contributed by atoms with Gasteiger partial charge in [0.15, 0.2) is 0 Å². The Kier molecular flexibility index (Phi) is 7.67. The van der Waals surface area contributed by atoms with Crippen molar-refractivity contribution < 1.29 is 17.6 Å². The van der Waals surface area contributed by atoms with Crippen LogP contribution in [0.15, 0.2) is 53.4 Å². The first kappa shape index (κ1) is 21.2. The summed E-state index contributed by atoms with van der Waals surface area (Å²) < 4.78 is 38.2. The fraction of sp³-hybridized carbons (Fsp3) is 0.316. The van der Waals surface area contributed by atoms with Gasteiger partial charge in [0, 0.05) is 11.4 Å². The van der Waals surface area contributed by atoms with Gasteiger partial charge in [0.1, 0.15) is 12.4 Å². The highest BCUT2D eigenvalue weighted by Crippen LogP contribution is 2.23. The largest absolute Gasteiger partial charge is 0.355 e. The SMILES string of the molecule is CSc1cccc(N(CC(=O)NCCCc2ccc(F)cc2)S(C)(=O)=O)c1. The number of hydrogen-bond acceptors (Lipinski definition) is 4. The van der Waals surface area contributed by atoms with Crippen molar-refractivity contribution in [2.45, 2.75) is 17.7 Å². The predicted molar refractivity (Wildman–Crippen MR) is 108 cm³/mol. The van der Waals surface area contributed by atoms with Gasteiger partial charge < -0.3 is 5.32 Å². The van der Waals surface area contributed by atoms with Gasteiger partial charge in [0.2, 0.25) is 15.9 Å². The van der Waals surface area contributed by atoms with Gasteiger partial charge in [-0.25, -0.2) is 12.8 Å². The van der Waals surface area contributed by atoms with Gasteiger partial charge in [0.05, 0.1) is 11.9 Å². The molecule has 0 heterocycles. The second-order valence-corrected chi connectivity index (χ2v) is 8.84. The highest BCUT2D eigenvalue weighted by Gasteiger charge is 2.20. The maximum Gasteiger partial charge on any atom is 0.240 e. The number of anilines is 1. The van der Waals surface area contributed by atoms with E-state index in [2.05, 4.69) is 5.32 Å². The van der Waals surface area contributed by atoms with Crippen LogP contribution in [-0.2, 0) is 21.2 Å². The molecule has 2 rings (SSSR count). The van der Waals surface area contributed by atoms with E-state index in [-0.39, 0.29) is 18.3 Å². The molecule has 146 valence electrons. The summed E-state index contributed by atoms with van der Waals surface area (Å²) in [5, 5.41) is 2.74. The average molecular weight is 411 g/mol. The van der Waals surface area contributed by atoms with E-state index in [1.807, 2.05) is 12.3 Å². The van der Waals surface area contributed by atoms with Gasteiger partial charge in [-0.05, 0) is 55.0 Å². The first-order chi connectivity index (χ1) is 12.8. The van der Waals surface area contributed by atoms with E-state index in [1.54, 1.807) is 30.3 Å². The first-order valence-corrected chi connectivity index (χ1v) is 11.5. The maximum atomic E-state index is 12.9. The fourth-order valence-corrected chi connectivity index (χ4v) is 3.82. The van der Waals surface area contributed by atoms with Crippen LogP contribution in [0.5, 0.6) is 0 Å². The summed E-state index contributed by atoms with van der Waals surface area (Å²) in [5.41, 5.74) is 1.45. The number of benzene rings is 2. The molecule has 0 bridgehead atoms. The number of halogens is 1. The van der Waals surface area contributed by atoms with E-state index in [9.17, 15) is 17.6 Å². The lowest BCUT2D eigenvalue weighted by molar-refractivity contribution is -0.119. The third-order valence-corrected chi connectivity index (χ3v) is 5.77. The Morgan fingerprint density at radius 3 is 2.52 bits per heavy atom. The molecule has 27 heavy (non-hydrogen) atoms. The van der Waals surface area contributed by atoms with Crippen molar-refractivity contribution in [1.82, 2.24) is 5.32 Å². The summed E-state index contributed by atoms with van der Waals surface area (Å²) in [6.07, 6.45) is 4.36. The molecule has 0 saturated carbocycles. The quantitative estimate of drug-likeness (QED) is 0.510. The van der Waals surface area contributed by atoms with Gasteiger partial charge in [-0.2, -0.15) is 0 Å². The van der Waals surface area contributed by atoms with E-state index in [1.165, 1.54) is 23.9 Å². The topological polar surface area (TPSA) is 66.5 Å². The molecule has 1 N–H and O–H groups in total. The molecule has 0 aliphatic heterocycles. The Bertz CT molecular complexity index is 871. The van der Waals surface area contributed by atoms with Crippen molar-refractivity contribution >= 4 is 33.4 Å². The molecule has 8 heteroatoms. The molecule has 0 aliphatic rings. The molecule has 0 radical (unpaired) electrons. The van der Waals surface area contributed by atoms with E-state index in [0.717, 1.165) is 21.0 Å². The number of sulfonamides is 1. The van der Waals surface area contributed by atoms with E-state index < -0.39 is 10.0 Å². The van der Waals surface area contributed by atoms with Crippen molar-refractivity contribution in [3.05, 3.63) is 59.9 Å². The van der Waals surface area contributed by atoms with E-state index >= 15 is 0 Å². The monoisotopic (exact) mass is 410 g/mol. The Morgan fingerprint density at radius 2 is 1.89 bits per heavy atom. The van der Waals surface area contributed by atoms with Crippen LogP contribution in [0, 0.1) is 5.82 Å². The Morgan fingerprint density at radius 1 is 1.19 bits per heavy atom. The average Bonchev–Trinajstić information content (AvgIpc) is 2.64. The minimum absolute atomic E-state index is 0.271. The number of carbonyl (C=O) groups is 1. The van der Waals surface area contributed by atoms with Gasteiger partial charge >= 0.3 is 0 Å². The molecule has 0 saturated heterocycles. The number of rotatable bonds is 9. The van der Waals surface area contributed by atoms with Crippen LogP contribution < -0.4 is 9.62 Å². The normalized spacial score (nSPS) is 11.2. The van der Waals surface area contributed by atoms with Crippen molar-refractivity contribution in [3.63, 3.8) is 0 Å². The van der Waals surface area contributed by atoms with Gasteiger partial charge in [-0.15, -0.1) is 11.8 Å². The zero-order chi connectivity index (χ0) is 19.9. The van der Waals surface area contributed by atoms with Crippen LogP contribution in [0.4, 0.5) is 10.1 Å². The molecule has 0 unspecified atom stereocenters. The molecule has 0 aromatic heterocycles. The zero-order valence-corrected chi connectivity index (χ0v) is 16.9. The van der Waals surface area contributed by atoms with Crippen LogP contribution in [-0.4, -0.2) is 39.9 Å². The summed E-state index contributed by atoms with van der Waals surface area (Å²) in [6.45, 7) is 0.145. The molecule has 0 aliphatic carbocycles. The third kappa shape index (κ3) is 6.88. The second kappa shape index (κ2) is 9.75. The Labute approximate surface area is 164 Å². The number of nitrogens with zero attached hydrogens (tertiary/aromatic N) is 1. The Balaban J connectivity index is 1.91.